The highest BCUT2D eigenvalue weighted by Gasteiger charge is 2.13. The molecule has 0 aliphatic carbocycles. The van der Waals surface area contributed by atoms with Gasteiger partial charge in [-0.05, 0) is 49.6 Å². The lowest BCUT2D eigenvalue weighted by atomic mass is 10.1. The molecule has 0 radical (unpaired) electrons. The Morgan fingerprint density at radius 2 is 1.52 bits per heavy atom. The molecule has 0 fully saturated rings. The fourth-order valence-electron chi connectivity index (χ4n) is 2.49. The second-order valence-corrected chi connectivity index (χ2v) is 6.14. The Labute approximate surface area is 158 Å². The number of benzene rings is 2. The molecule has 2 aromatic rings. The quantitative estimate of drug-likeness (QED) is 0.724. The fraction of sp³-hybridized carbons (Fsp3) is 0.286. The molecule has 142 valence electrons. The molecule has 0 saturated carbocycles. The van der Waals surface area contributed by atoms with Gasteiger partial charge in [0, 0.05) is 6.04 Å². The standard InChI is InChI=1S/C21H23NO5/c1-15(8-9-16-6-4-3-5-7-16)22-19(23)14-27-21(25)18-12-10-17(11-13-18)20(24)26-2/h3-7,10-13,15H,8-9,14H2,1-2H3,(H,22,23)/t15-/m1/s1. The van der Waals surface area contributed by atoms with E-state index in [0.29, 0.717) is 5.56 Å². The summed E-state index contributed by atoms with van der Waals surface area (Å²) in [5, 5.41) is 2.81. The maximum absolute atomic E-state index is 12.0. The first-order chi connectivity index (χ1) is 13.0. The maximum Gasteiger partial charge on any atom is 0.338 e. The number of ether oxygens (including phenoxy) is 2. The van der Waals surface area contributed by atoms with Crippen molar-refractivity contribution in [3.63, 3.8) is 0 Å². The van der Waals surface area contributed by atoms with Crippen molar-refractivity contribution >= 4 is 17.8 Å². The molecule has 2 rings (SSSR count). The molecule has 27 heavy (non-hydrogen) atoms. The van der Waals surface area contributed by atoms with E-state index in [9.17, 15) is 14.4 Å². The lowest BCUT2D eigenvalue weighted by molar-refractivity contribution is -0.124. The summed E-state index contributed by atoms with van der Waals surface area (Å²) in [5.74, 6) is -1.47. The van der Waals surface area contributed by atoms with E-state index in [1.54, 1.807) is 0 Å². The minimum Gasteiger partial charge on any atom is -0.465 e. The minimum atomic E-state index is -0.626. The fourth-order valence-corrected chi connectivity index (χ4v) is 2.49. The van der Waals surface area contributed by atoms with Gasteiger partial charge in [-0.15, -0.1) is 0 Å². The largest absolute Gasteiger partial charge is 0.465 e. The average molecular weight is 369 g/mol. The van der Waals surface area contributed by atoms with E-state index >= 15 is 0 Å². The van der Waals surface area contributed by atoms with E-state index in [1.807, 2.05) is 37.3 Å². The van der Waals surface area contributed by atoms with Crippen molar-refractivity contribution in [3.05, 3.63) is 71.3 Å². The zero-order chi connectivity index (χ0) is 19.6. The number of hydrogen-bond acceptors (Lipinski definition) is 5. The number of esters is 2. The Balaban J connectivity index is 1.74. The number of methoxy groups -OCH3 is 1. The van der Waals surface area contributed by atoms with Crippen LogP contribution in [0.1, 0.15) is 39.6 Å². The Kier molecular flexibility index (Phi) is 7.55. The summed E-state index contributed by atoms with van der Waals surface area (Å²) >= 11 is 0. The first kappa shape index (κ1) is 20.2. The van der Waals surface area contributed by atoms with Gasteiger partial charge in [-0.2, -0.15) is 0 Å². The van der Waals surface area contributed by atoms with Crippen LogP contribution in [0, 0.1) is 0 Å². The number of carbonyl (C=O) groups excluding carboxylic acids is 3. The highest BCUT2D eigenvalue weighted by Crippen LogP contribution is 2.08. The topological polar surface area (TPSA) is 81.7 Å². The van der Waals surface area contributed by atoms with Crippen molar-refractivity contribution in [1.82, 2.24) is 5.32 Å². The number of carbonyl (C=O) groups is 3. The molecule has 2 aromatic carbocycles. The van der Waals surface area contributed by atoms with E-state index in [1.165, 1.54) is 36.9 Å². The lowest BCUT2D eigenvalue weighted by Gasteiger charge is -2.14. The molecule has 1 amide bonds. The smallest absolute Gasteiger partial charge is 0.338 e. The third-order valence-corrected chi connectivity index (χ3v) is 3.99. The van der Waals surface area contributed by atoms with Crippen molar-refractivity contribution in [2.75, 3.05) is 13.7 Å². The molecule has 0 bridgehead atoms. The summed E-state index contributed by atoms with van der Waals surface area (Å²) in [5.41, 5.74) is 1.80. The van der Waals surface area contributed by atoms with Gasteiger partial charge in [0.25, 0.3) is 5.91 Å². The molecule has 0 heterocycles. The Hall–Kier alpha value is -3.15. The summed E-state index contributed by atoms with van der Waals surface area (Å²) in [7, 11) is 1.28. The van der Waals surface area contributed by atoms with Gasteiger partial charge in [0.2, 0.25) is 0 Å². The summed E-state index contributed by atoms with van der Waals surface area (Å²) in [6.45, 7) is 1.56. The van der Waals surface area contributed by atoms with Crippen LogP contribution in [0.25, 0.3) is 0 Å². The number of amides is 1. The Morgan fingerprint density at radius 1 is 0.926 bits per heavy atom. The van der Waals surface area contributed by atoms with Gasteiger partial charge >= 0.3 is 11.9 Å². The van der Waals surface area contributed by atoms with E-state index in [-0.39, 0.29) is 24.1 Å². The van der Waals surface area contributed by atoms with Crippen LogP contribution < -0.4 is 5.32 Å². The molecule has 0 spiro atoms. The van der Waals surface area contributed by atoms with Crippen LogP contribution in [-0.2, 0) is 20.7 Å². The van der Waals surface area contributed by atoms with E-state index in [4.69, 9.17) is 4.74 Å². The van der Waals surface area contributed by atoms with Gasteiger partial charge in [-0.1, -0.05) is 30.3 Å². The highest BCUT2D eigenvalue weighted by molar-refractivity contribution is 5.94. The first-order valence-corrected chi connectivity index (χ1v) is 8.68. The normalized spacial score (nSPS) is 11.3. The van der Waals surface area contributed by atoms with Crippen molar-refractivity contribution in [2.45, 2.75) is 25.8 Å². The lowest BCUT2D eigenvalue weighted by Crippen LogP contribution is -2.36. The summed E-state index contributed by atoms with van der Waals surface area (Å²) in [6, 6.07) is 15.8. The van der Waals surface area contributed by atoms with Crippen LogP contribution in [0.3, 0.4) is 0 Å². The molecule has 0 aliphatic rings. The van der Waals surface area contributed by atoms with Gasteiger partial charge in [0.05, 0.1) is 18.2 Å². The average Bonchev–Trinajstić information content (AvgIpc) is 2.70. The maximum atomic E-state index is 12.0. The van der Waals surface area contributed by atoms with Gasteiger partial charge in [0.1, 0.15) is 0 Å². The number of hydrogen-bond donors (Lipinski definition) is 1. The van der Waals surface area contributed by atoms with E-state index in [0.717, 1.165) is 12.8 Å². The van der Waals surface area contributed by atoms with Crippen molar-refractivity contribution in [3.8, 4) is 0 Å². The molecule has 6 heteroatoms. The number of aryl methyl sites for hydroxylation is 1. The van der Waals surface area contributed by atoms with E-state index < -0.39 is 11.9 Å². The van der Waals surface area contributed by atoms with Crippen LogP contribution in [0.4, 0.5) is 0 Å². The van der Waals surface area contributed by atoms with Crippen LogP contribution in [0.2, 0.25) is 0 Å². The molecule has 6 nitrogen and oxygen atoms in total. The van der Waals surface area contributed by atoms with E-state index in [2.05, 4.69) is 10.1 Å². The van der Waals surface area contributed by atoms with Gasteiger partial charge in [0.15, 0.2) is 6.61 Å². The predicted octanol–water partition coefficient (Wildman–Crippen LogP) is 2.77. The Bertz CT molecular complexity index is 771. The first-order valence-electron chi connectivity index (χ1n) is 8.68. The summed E-state index contributed by atoms with van der Waals surface area (Å²) < 4.78 is 9.61. The zero-order valence-corrected chi connectivity index (χ0v) is 15.4. The van der Waals surface area contributed by atoms with Crippen molar-refractivity contribution < 1.29 is 23.9 Å². The van der Waals surface area contributed by atoms with Crippen molar-refractivity contribution in [1.29, 1.82) is 0 Å². The number of rotatable bonds is 8. The summed E-state index contributed by atoms with van der Waals surface area (Å²) in [4.78, 5) is 35.3. The third kappa shape index (κ3) is 6.58. The minimum absolute atomic E-state index is 0.0317. The molecule has 0 aliphatic heterocycles. The van der Waals surface area contributed by atoms with Crippen LogP contribution in [-0.4, -0.2) is 37.6 Å². The predicted molar refractivity (Wildman–Crippen MR) is 100 cm³/mol. The highest BCUT2D eigenvalue weighted by atomic mass is 16.5. The molecular formula is C21H23NO5. The second-order valence-electron chi connectivity index (χ2n) is 6.14. The van der Waals surface area contributed by atoms with Gasteiger partial charge < -0.3 is 14.8 Å². The monoisotopic (exact) mass is 369 g/mol. The van der Waals surface area contributed by atoms with Gasteiger partial charge in [-0.25, -0.2) is 9.59 Å². The van der Waals surface area contributed by atoms with Crippen LogP contribution >= 0.6 is 0 Å². The molecule has 0 aromatic heterocycles. The van der Waals surface area contributed by atoms with Crippen molar-refractivity contribution in [2.24, 2.45) is 0 Å². The molecule has 0 saturated heterocycles. The van der Waals surface area contributed by atoms with Crippen LogP contribution in [0.15, 0.2) is 54.6 Å². The number of nitrogens with one attached hydrogen (secondary N) is 1. The molecule has 1 atom stereocenters. The van der Waals surface area contributed by atoms with Gasteiger partial charge in [-0.3, -0.25) is 4.79 Å². The molecular weight excluding hydrogens is 346 g/mol. The van der Waals surface area contributed by atoms with Crippen LogP contribution in [0.5, 0.6) is 0 Å². The third-order valence-electron chi connectivity index (χ3n) is 3.99. The molecule has 0 unspecified atom stereocenters. The Morgan fingerprint density at radius 3 is 2.11 bits per heavy atom. The SMILES string of the molecule is COC(=O)c1ccc(C(=O)OCC(=O)N[C@H](C)CCc2ccccc2)cc1. The zero-order valence-electron chi connectivity index (χ0n) is 15.4. The summed E-state index contributed by atoms with van der Waals surface area (Å²) in [6.07, 6.45) is 1.65. The second kappa shape index (κ2) is 10.1. The molecule has 1 N–H and O–H groups in total.